The Morgan fingerprint density at radius 3 is 2.17 bits per heavy atom. The molecule has 0 bridgehead atoms. The quantitative estimate of drug-likeness (QED) is 0.441. The number of piperazine rings is 1. The van der Waals surface area contributed by atoms with E-state index >= 15 is 0 Å². The first-order valence-corrected chi connectivity index (χ1v) is 12.3. The van der Waals surface area contributed by atoms with Gasteiger partial charge in [0.2, 0.25) is 0 Å². The number of halogens is 1. The third kappa shape index (κ3) is 4.64. The summed E-state index contributed by atoms with van der Waals surface area (Å²) in [7, 11) is 3.13. The summed E-state index contributed by atoms with van der Waals surface area (Å²) in [5.41, 5.74) is 3.79. The molecule has 0 aliphatic carbocycles. The van der Waals surface area contributed by atoms with E-state index in [1.54, 1.807) is 32.4 Å². The standard InChI is InChI=1S/C28H28ClN3O4/c1-35-24-11-8-20(16-25(24)36-2)18-32-27(33)22-4-3-5-23(26(22)28(32)34)31-14-12-30(13-15-31)17-19-6-9-21(29)10-7-19/h3-11,16H,12-15,17-18H2,1-2H3. The number of rotatable bonds is 7. The lowest BCUT2D eigenvalue weighted by Gasteiger charge is -2.36. The van der Waals surface area contributed by atoms with Gasteiger partial charge in [0.25, 0.3) is 11.8 Å². The summed E-state index contributed by atoms with van der Waals surface area (Å²) in [5.74, 6) is 0.627. The Balaban J connectivity index is 1.30. The lowest BCUT2D eigenvalue weighted by Crippen LogP contribution is -2.46. The molecule has 0 atom stereocenters. The van der Waals surface area contributed by atoms with Crippen LogP contribution in [0.2, 0.25) is 5.02 Å². The predicted octanol–water partition coefficient (Wildman–Crippen LogP) is 4.48. The van der Waals surface area contributed by atoms with Gasteiger partial charge in [-0.15, -0.1) is 0 Å². The number of nitrogens with zero attached hydrogens (tertiary/aromatic N) is 3. The van der Waals surface area contributed by atoms with Gasteiger partial charge in [-0.3, -0.25) is 19.4 Å². The SMILES string of the molecule is COc1ccc(CN2C(=O)c3cccc(N4CCN(Cc5ccc(Cl)cc5)CC4)c3C2=O)cc1OC. The molecule has 0 aromatic heterocycles. The largest absolute Gasteiger partial charge is 0.493 e. The summed E-state index contributed by atoms with van der Waals surface area (Å²) in [6.45, 7) is 4.31. The van der Waals surface area contributed by atoms with Gasteiger partial charge in [0.15, 0.2) is 11.5 Å². The van der Waals surface area contributed by atoms with Crippen LogP contribution in [0.3, 0.4) is 0 Å². The highest BCUT2D eigenvalue weighted by Gasteiger charge is 2.38. The maximum absolute atomic E-state index is 13.5. The molecule has 2 heterocycles. The van der Waals surface area contributed by atoms with Gasteiger partial charge in [-0.25, -0.2) is 0 Å². The van der Waals surface area contributed by atoms with Crippen molar-refractivity contribution in [2.45, 2.75) is 13.1 Å². The van der Waals surface area contributed by atoms with Crippen molar-refractivity contribution in [3.8, 4) is 11.5 Å². The highest BCUT2D eigenvalue weighted by Crippen LogP contribution is 2.34. The van der Waals surface area contributed by atoms with Crippen molar-refractivity contribution in [1.82, 2.24) is 9.80 Å². The number of fused-ring (bicyclic) bond motifs is 1. The van der Waals surface area contributed by atoms with E-state index in [0.29, 0.717) is 22.6 Å². The first-order valence-electron chi connectivity index (χ1n) is 11.9. The molecule has 0 saturated carbocycles. The molecule has 3 aromatic carbocycles. The Labute approximate surface area is 215 Å². The van der Waals surface area contributed by atoms with E-state index in [-0.39, 0.29) is 18.4 Å². The molecule has 1 fully saturated rings. The Hall–Kier alpha value is -3.55. The van der Waals surface area contributed by atoms with Crippen molar-refractivity contribution in [1.29, 1.82) is 0 Å². The smallest absolute Gasteiger partial charge is 0.263 e. The number of methoxy groups -OCH3 is 2. The van der Waals surface area contributed by atoms with Crippen LogP contribution in [0.1, 0.15) is 31.8 Å². The molecule has 7 nitrogen and oxygen atoms in total. The number of ether oxygens (including phenoxy) is 2. The van der Waals surface area contributed by atoms with Crippen LogP contribution in [0.15, 0.2) is 60.7 Å². The zero-order valence-electron chi connectivity index (χ0n) is 20.4. The van der Waals surface area contributed by atoms with Gasteiger partial charge < -0.3 is 14.4 Å². The number of imide groups is 1. The fraction of sp³-hybridized carbons (Fsp3) is 0.286. The van der Waals surface area contributed by atoms with Crippen molar-refractivity contribution < 1.29 is 19.1 Å². The van der Waals surface area contributed by atoms with Crippen molar-refractivity contribution >= 4 is 29.1 Å². The van der Waals surface area contributed by atoms with Crippen LogP contribution in [0.5, 0.6) is 11.5 Å². The second kappa shape index (κ2) is 10.2. The summed E-state index contributed by atoms with van der Waals surface area (Å²) < 4.78 is 10.7. The van der Waals surface area contributed by atoms with E-state index in [0.717, 1.165) is 49.0 Å². The van der Waals surface area contributed by atoms with Gasteiger partial charge >= 0.3 is 0 Å². The molecule has 186 valence electrons. The van der Waals surface area contributed by atoms with E-state index in [1.165, 1.54) is 10.5 Å². The number of hydrogen-bond acceptors (Lipinski definition) is 6. The number of carbonyl (C=O) groups excluding carboxylic acids is 2. The zero-order valence-corrected chi connectivity index (χ0v) is 21.1. The molecule has 0 unspecified atom stereocenters. The molecule has 0 N–H and O–H groups in total. The third-order valence-electron chi connectivity index (χ3n) is 6.80. The summed E-state index contributed by atoms with van der Waals surface area (Å²) in [6, 6.07) is 18.9. The highest BCUT2D eigenvalue weighted by molar-refractivity contribution is 6.30. The van der Waals surface area contributed by atoms with E-state index in [2.05, 4.69) is 21.9 Å². The maximum Gasteiger partial charge on any atom is 0.263 e. The average molecular weight is 506 g/mol. The summed E-state index contributed by atoms with van der Waals surface area (Å²) >= 11 is 6.01. The molecular formula is C28H28ClN3O4. The van der Waals surface area contributed by atoms with E-state index in [1.807, 2.05) is 30.3 Å². The van der Waals surface area contributed by atoms with Gasteiger partial charge in [-0.1, -0.05) is 35.9 Å². The van der Waals surface area contributed by atoms with Gasteiger partial charge in [0.05, 0.1) is 37.6 Å². The molecule has 2 amide bonds. The third-order valence-corrected chi connectivity index (χ3v) is 7.05. The molecular weight excluding hydrogens is 478 g/mol. The molecule has 2 aliphatic rings. The molecule has 5 rings (SSSR count). The first kappa shape index (κ1) is 24.2. The number of amides is 2. The van der Waals surface area contributed by atoms with Crippen LogP contribution in [-0.2, 0) is 13.1 Å². The van der Waals surface area contributed by atoms with E-state index in [4.69, 9.17) is 21.1 Å². The van der Waals surface area contributed by atoms with Crippen LogP contribution < -0.4 is 14.4 Å². The molecule has 36 heavy (non-hydrogen) atoms. The molecule has 8 heteroatoms. The second-order valence-corrected chi connectivity index (χ2v) is 9.41. The Morgan fingerprint density at radius 2 is 1.47 bits per heavy atom. The molecule has 3 aromatic rings. The highest BCUT2D eigenvalue weighted by atomic mass is 35.5. The first-order chi connectivity index (χ1) is 17.5. The van der Waals surface area contributed by atoms with Gasteiger partial charge in [0.1, 0.15) is 0 Å². The normalized spacial score (nSPS) is 15.9. The van der Waals surface area contributed by atoms with Crippen molar-refractivity contribution in [2.24, 2.45) is 0 Å². The minimum absolute atomic E-state index is 0.168. The Morgan fingerprint density at radius 1 is 0.778 bits per heavy atom. The van der Waals surface area contributed by atoms with Crippen LogP contribution in [0, 0.1) is 0 Å². The summed E-state index contributed by atoms with van der Waals surface area (Å²) in [4.78, 5) is 32.6. The second-order valence-electron chi connectivity index (χ2n) is 8.98. The van der Waals surface area contributed by atoms with Crippen molar-refractivity contribution in [3.05, 3.63) is 87.9 Å². The molecule has 1 saturated heterocycles. The summed E-state index contributed by atoms with van der Waals surface area (Å²) in [6.07, 6.45) is 0. The van der Waals surface area contributed by atoms with E-state index < -0.39 is 0 Å². The lowest BCUT2D eigenvalue weighted by atomic mass is 10.1. The minimum atomic E-state index is -0.270. The number of carbonyl (C=O) groups is 2. The van der Waals surface area contributed by atoms with Crippen LogP contribution in [-0.4, -0.2) is 62.0 Å². The minimum Gasteiger partial charge on any atom is -0.493 e. The van der Waals surface area contributed by atoms with E-state index in [9.17, 15) is 9.59 Å². The number of anilines is 1. The van der Waals surface area contributed by atoms with Crippen molar-refractivity contribution in [2.75, 3.05) is 45.3 Å². The number of benzene rings is 3. The molecule has 0 radical (unpaired) electrons. The van der Waals surface area contributed by atoms with Gasteiger partial charge in [-0.2, -0.15) is 0 Å². The topological polar surface area (TPSA) is 62.3 Å². The Kier molecular flexibility index (Phi) is 6.85. The fourth-order valence-electron chi connectivity index (χ4n) is 4.88. The summed E-state index contributed by atoms with van der Waals surface area (Å²) in [5, 5.41) is 0.737. The molecule has 0 spiro atoms. The monoisotopic (exact) mass is 505 g/mol. The maximum atomic E-state index is 13.5. The van der Waals surface area contributed by atoms with Gasteiger partial charge in [-0.05, 0) is 47.5 Å². The molecule has 2 aliphatic heterocycles. The number of hydrogen-bond donors (Lipinski definition) is 0. The average Bonchev–Trinajstić information content (AvgIpc) is 3.15. The lowest BCUT2D eigenvalue weighted by molar-refractivity contribution is 0.0642. The van der Waals surface area contributed by atoms with Crippen LogP contribution in [0.4, 0.5) is 5.69 Å². The Bertz CT molecular complexity index is 1290. The van der Waals surface area contributed by atoms with Gasteiger partial charge in [0, 0.05) is 37.7 Å². The predicted molar refractivity (Wildman–Crippen MR) is 139 cm³/mol. The van der Waals surface area contributed by atoms with Crippen molar-refractivity contribution in [3.63, 3.8) is 0 Å². The fourth-order valence-corrected chi connectivity index (χ4v) is 5.01. The van der Waals surface area contributed by atoms with Crippen LogP contribution in [0.25, 0.3) is 0 Å². The van der Waals surface area contributed by atoms with Crippen LogP contribution >= 0.6 is 11.6 Å². The zero-order chi connectivity index (χ0) is 25.2.